The number of furan rings is 1. The largest absolute Gasteiger partial charge is 0.512 e. The number of aliphatic hydroxyl groups excluding tert-OH is 1. The maximum absolute atomic E-state index is 12.9. The highest BCUT2D eigenvalue weighted by atomic mass is 16.6. The lowest BCUT2D eigenvalue weighted by Gasteiger charge is -2.38. The van der Waals surface area contributed by atoms with Crippen LogP contribution in [0.25, 0.3) is 0 Å². The first-order chi connectivity index (χ1) is 13.3. The molecule has 156 valence electrons. The van der Waals surface area contributed by atoms with E-state index in [0.29, 0.717) is 0 Å². The van der Waals surface area contributed by atoms with E-state index in [1.165, 1.54) is 6.07 Å². The smallest absolute Gasteiger partial charge is 0.433 e. The fourth-order valence-electron chi connectivity index (χ4n) is 4.51. The van der Waals surface area contributed by atoms with Crippen LogP contribution >= 0.6 is 0 Å². The maximum atomic E-state index is 12.9. The Hall–Kier alpha value is -2.77. The number of allylic oxidation sites excluding steroid dienone is 2. The predicted octanol–water partition coefficient (Wildman–Crippen LogP) is 4.05. The molecule has 1 heterocycles. The summed E-state index contributed by atoms with van der Waals surface area (Å²) < 4.78 is 5.31. The molecule has 0 bridgehead atoms. The first-order valence-electron chi connectivity index (χ1n) is 9.56. The van der Waals surface area contributed by atoms with Crippen molar-refractivity contribution in [3.8, 4) is 0 Å². The molecule has 1 N–H and O–H groups in total. The monoisotopic (exact) mass is 403 g/mol. The van der Waals surface area contributed by atoms with Crippen LogP contribution < -0.4 is 0 Å². The summed E-state index contributed by atoms with van der Waals surface area (Å²) in [6, 6.07) is 2.43. The van der Waals surface area contributed by atoms with Gasteiger partial charge in [0.25, 0.3) is 0 Å². The molecule has 1 aromatic rings. The zero-order valence-electron chi connectivity index (χ0n) is 17.0. The van der Waals surface area contributed by atoms with Gasteiger partial charge >= 0.3 is 5.88 Å². The van der Waals surface area contributed by atoms with Gasteiger partial charge in [0.2, 0.25) is 0 Å². The van der Waals surface area contributed by atoms with E-state index in [9.17, 15) is 29.6 Å². The number of carbonyl (C=O) groups is 3. The Bertz CT molecular complexity index is 915. The van der Waals surface area contributed by atoms with Crippen molar-refractivity contribution in [3.63, 3.8) is 0 Å². The number of ketones is 3. The van der Waals surface area contributed by atoms with E-state index < -0.39 is 33.5 Å². The van der Waals surface area contributed by atoms with Crippen molar-refractivity contribution in [2.75, 3.05) is 0 Å². The van der Waals surface area contributed by atoms with Crippen LogP contribution in [0.3, 0.4) is 0 Å². The van der Waals surface area contributed by atoms with Crippen molar-refractivity contribution in [2.45, 2.75) is 59.3 Å². The van der Waals surface area contributed by atoms with Crippen LogP contribution in [0.1, 0.15) is 65.1 Å². The van der Waals surface area contributed by atoms with Gasteiger partial charge in [-0.15, -0.1) is 0 Å². The van der Waals surface area contributed by atoms with E-state index >= 15 is 0 Å². The molecule has 2 aliphatic carbocycles. The summed E-state index contributed by atoms with van der Waals surface area (Å²) in [7, 11) is 0. The fourth-order valence-corrected chi connectivity index (χ4v) is 4.51. The Morgan fingerprint density at radius 2 is 1.59 bits per heavy atom. The van der Waals surface area contributed by atoms with Crippen LogP contribution in [0.15, 0.2) is 27.9 Å². The highest BCUT2D eigenvalue weighted by molar-refractivity contribution is 6.09. The van der Waals surface area contributed by atoms with E-state index in [4.69, 9.17) is 4.42 Å². The number of Topliss-reactive ketones (excluding diaryl/α,β-unsaturated/α-hetero) is 3. The summed E-state index contributed by atoms with van der Waals surface area (Å²) in [5.41, 5.74) is -1.01. The van der Waals surface area contributed by atoms with E-state index in [1.807, 2.05) is 27.7 Å². The second kappa shape index (κ2) is 6.93. The summed E-state index contributed by atoms with van der Waals surface area (Å²) in [5, 5.41) is 21.8. The molecule has 0 unspecified atom stereocenters. The highest BCUT2D eigenvalue weighted by Gasteiger charge is 2.49. The Kier molecular flexibility index (Phi) is 5.01. The Morgan fingerprint density at radius 1 is 1.03 bits per heavy atom. The minimum atomic E-state index is -1.21. The highest BCUT2D eigenvalue weighted by Crippen LogP contribution is 2.48. The van der Waals surface area contributed by atoms with Crippen molar-refractivity contribution < 1.29 is 28.8 Å². The van der Waals surface area contributed by atoms with Gasteiger partial charge in [-0.2, -0.15) is 0 Å². The number of aliphatic hydroxyl groups is 1. The zero-order valence-corrected chi connectivity index (χ0v) is 17.0. The van der Waals surface area contributed by atoms with Gasteiger partial charge in [0.05, 0.1) is 17.9 Å². The van der Waals surface area contributed by atoms with Crippen molar-refractivity contribution >= 4 is 23.2 Å². The zero-order chi connectivity index (χ0) is 21.7. The van der Waals surface area contributed by atoms with Gasteiger partial charge in [-0.25, -0.2) is 0 Å². The van der Waals surface area contributed by atoms with Crippen molar-refractivity contribution in [1.82, 2.24) is 0 Å². The molecule has 0 amide bonds. The molecule has 2 aliphatic rings. The van der Waals surface area contributed by atoms with Gasteiger partial charge in [0.1, 0.15) is 28.0 Å². The number of hydrogen-bond acceptors (Lipinski definition) is 7. The number of carbonyl (C=O) groups excluding carboxylic acids is 3. The summed E-state index contributed by atoms with van der Waals surface area (Å²) in [6.45, 7) is 7.31. The second-order valence-electron chi connectivity index (χ2n) is 9.64. The number of nitrogens with zero attached hydrogens (tertiary/aromatic N) is 1. The molecule has 8 nitrogen and oxygen atoms in total. The third-order valence-electron chi connectivity index (χ3n) is 5.64. The average molecular weight is 403 g/mol. The molecule has 0 aromatic carbocycles. The number of hydrogen-bond donors (Lipinski definition) is 1. The first-order valence-corrected chi connectivity index (χ1v) is 9.56. The lowest BCUT2D eigenvalue weighted by Crippen LogP contribution is -2.43. The van der Waals surface area contributed by atoms with Crippen molar-refractivity contribution in [1.29, 1.82) is 0 Å². The van der Waals surface area contributed by atoms with Crippen LogP contribution in [0.5, 0.6) is 0 Å². The van der Waals surface area contributed by atoms with E-state index in [1.54, 1.807) is 0 Å². The van der Waals surface area contributed by atoms with Gasteiger partial charge in [0, 0.05) is 31.3 Å². The third-order valence-corrected chi connectivity index (χ3v) is 5.64. The number of nitro groups is 1. The minimum absolute atomic E-state index is 0.0299. The van der Waals surface area contributed by atoms with Crippen molar-refractivity contribution in [3.05, 3.63) is 39.3 Å². The van der Waals surface area contributed by atoms with Crippen LogP contribution in [0, 0.1) is 26.9 Å². The molecule has 29 heavy (non-hydrogen) atoms. The minimum Gasteiger partial charge on any atom is -0.512 e. The standard InChI is InChI=1S/C21H25NO7/c1-20(2)7-11(23)17(12(24)8-20)19(15-5-6-16(29-15)22(27)28)18-13(25)9-21(3,4)10-14(18)26/h5-6,17,19,25H,7-10H2,1-4H3/t19-/m1/s1. The molecule has 0 spiro atoms. The Balaban J connectivity index is 2.15. The van der Waals surface area contributed by atoms with E-state index in [0.717, 1.165) is 6.07 Å². The lowest BCUT2D eigenvalue weighted by molar-refractivity contribution is -0.402. The maximum Gasteiger partial charge on any atom is 0.433 e. The molecule has 1 saturated carbocycles. The summed E-state index contributed by atoms with van der Waals surface area (Å²) in [6.07, 6.45) is 0.604. The van der Waals surface area contributed by atoms with E-state index in [-0.39, 0.29) is 60.1 Å². The van der Waals surface area contributed by atoms with E-state index in [2.05, 4.69) is 0 Å². The Labute approximate surface area is 168 Å². The summed E-state index contributed by atoms with van der Waals surface area (Å²) >= 11 is 0. The molecule has 1 aromatic heterocycles. The van der Waals surface area contributed by atoms with Crippen LogP contribution in [-0.4, -0.2) is 27.4 Å². The molecule has 3 rings (SSSR count). The molecular weight excluding hydrogens is 378 g/mol. The van der Waals surface area contributed by atoms with Gasteiger partial charge in [-0.3, -0.25) is 24.5 Å². The SMILES string of the molecule is CC1(C)CC(=O)C([C@H](C2=C(O)CC(C)(C)CC2=O)c2ccc([N+](=O)[O-])o2)C(=O)C1. The quantitative estimate of drug-likeness (QED) is 0.456. The van der Waals surface area contributed by atoms with Gasteiger partial charge in [0.15, 0.2) is 5.78 Å². The van der Waals surface area contributed by atoms with Crippen LogP contribution in [-0.2, 0) is 14.4 Å². The molecule has 1 fully saturated rings. The first kappa shape index (κ1) is 21.0. The molecule has 8 heteroatoms. The molecule has 0 saturated heterocycles. The molecule has 0 aliphatic heterocycles. The van der Waals surface area contributed by atoms with Crippen molar-refractivity contribution in [2.24, 2.45) is 16.7 Å². The van der Waals surface area contributed by atoms with Crippen LogP contribution in [0.4, 0.5) is 5.88 Å². The molecule has 1 atom stereocenters. The topological polar surface area (TPSA) is 128 Å². The summed E-state index contributed by atoms with van der Waals surface area (Å²) in [5.74, 6) is -4.24. The normalized spacial score (nSPS) is 23.4. The average Bonchev–Trinajstić information content (AvgIpc) is 2.99. The van der Waals surface area contributed by atoms with Gasteiger partial charge in [-0.05, 0) is 16.9 Å². The van der Waals surface area contributed by atoms with Crippen LogP contribution in [0.2, 0.25) is 0 Å². The molecule has 0 radical (unpaired) electrons. The Morgan fingerprint density at radius 3 is 2.07 bits per heavy atom. The molecular formula is C21H25NO7. The second-order valence-corrected chi connectivity index (χ2v) is 9.64. The third kappa shape index (κ3) is 4.02. The lowest BCUT2D eigenvalue weighted by atomic mass is 9.63. The fraction of sp³-hybridized carbons (Fsp3) is 0.571. The van der Waals surface area contributed by atoms with Gasteiger partial charge in [-0.1, -0.05) is 27.7 Å². The van der Waals surface area contributed by atoms with Gasteiger partial charge < -0.3 is 9.52 Å². The predicted molar refractivity (Wildman–Crippen MR) is 102 cm³/mol. The number of rotatable bonds is 4. The summed E-state index contributed by atoms with van der Waals surface area (Å²) in [4.78, 5) is 49.2.